The summed E-state index contributed by atoms with van der Waals surface area (Å²) < 4.78 is 1.11. The van der Waals surface area contributed by atoms with Crippen LogP contribution in [-0.4, -0.2) is 42.3 Å². The fraction of sp³-hybridized carbons (Fsp3) is 0.625. The lowest BCUT2D eigenvalue weighted by molar-refractivity contribution is 0.0758. The first kappa shape index (κ1) is 17.6. The van der Waals surface area contributed by atoms with Crippen molar-refractivity contribution >= 4 is 15.9 Å². The number of nitrogens with zero attached hydrogens (tertiary/aromatic N) is 1. The first-order chi connectivity index (χ1) is 9.40. The minimum absolute atomic E-state index is 0.170. The van der Waals surface area contributed by atoms with Crippen molar-refractivity contribution in [2.45, 2.75) is 38.8 Å². The molecule has 0 bridgehead atoms. The smallest absolute Gasteiger partial charge is 0.0609 e. The van der Waals surface area contributed by atoms with Crippen LogP contribution in [0.3, 0.4) is 0 Å². The van der Waals surface area contributed by atoms with Crippen molar-refractivity contribution in [2.75, 3.05) is 26.7 Å². The van der Waals surface area contributed by atoms with E-state index in [9.17, 15) is 5.11 Å². The molecule has 0 aliphatic heterocycles. The zero-order chi connectivity index (χ0) is 15.2. The first-order valence-corrected chi connectivity index (χ1v) is 8.01. The molecule has 0 spiro atoms. The molecule has 0 aromatic heterocycles. The molecule has 1 aromatic rings. The first-order valence-electron chi connectivity index (χ1n) is 7.21. The average Bonchev–Trinajstić information content (AvgIpc) is 2.44. The summed E-state index contributed by atoms with van der Waals surface area (Å²) in [6.07, 6.45) is 1.02. The van der Waals surface area contributed by atoms with Gasteiger partial charge in [-0.3, -0.25) is 4.90 Å². The highest BCUT2D eigenvalue weighted by atomic mass is 79.9. The molecule has 1 aromatic carbocycles. The number of hydrogen-bond acceptors (Lipinski definition) is 3. The molecule has 0 amide bonds. The largest absolute Gasteiger partial charge is 0.394 e. The lowest BCUT2D eigenvalue weighted by atomic mass is 10.0. The van der Waals surface area contributed by atoms with Gasteiger partial charge in [-0.2, -0.15) is 0 Å². The number of rotatable bonds is 8. The molecular weight excluding hydrogens is 316 g/mol. The molecule has 0 saturated carbocycles. The predicted octanol–water partition coefficient (Wildman–Crippen LogP) is 3.19. The minimum Gasteiger partial charge on any atom is -0.394 e. The summed E-state index contributed by atoms with van der Waals surface area (Å²) in [7, 11) is 2.07. The summed E-state index contributed by atoms with van der Waals surface area (Å²) in [5.41, 5.74) is 1.14. The van der Waals surface area contributed by atoms with Gasteiger partial charge in [0.25, 0.3) is 0 Å². The van der Waals surface area contributed by atoms with Crippen LogP contribution in [0.15, 0.2) is 28.7 Å². The van der Waals surface area contributed by atoms with Crippen molar-refractivity contribution in [2.24, 2.45) is 0 Å². The van der Waals surface area contributed by atoms with E-state index in [1.165, 1.54) is 5.56 Å². The lowest BCUT2D eigenvalue weighted by Crippen LogP contribution is -2.45. The topological polar surface area (TPSA) is 35.5 Å². The summed E-state index contributed by atoms with van der Waals surface area (Å²) in [5, 5.41) is 13.0. The molecule has 114 valence electrons. The maximum atomic E-state index is 9.42. The van der Waals surface area contributed by atoms with Crippen LogP contribution in [0, 0.1) is 0 Å². The van der Waals surface area contributed by atoms with Gasteiger partial charge in [0.05, 0.1) is 6.61 Å². The molecule has 0 aliphatic rings. The standard InChI is InChI=1S/C16H27BrN2O/c1-5-18-15(13-6-8-14(17)9-7-13)10-11-19(4)16(2,3)12-20/h6-9,15,18,20H,5,10-12H2,1-4H3. The molecular formula is C16H27BrN2O. The van der Waals surface area contributed by atoms with Crippen molar-refractivity contribution < 1.29 is 5.11 Å². The van der Waals surface area contributed by atoms with Crippen LogP contribution in [0.25, 0.3) is 0 Å². The minimum atomic E-state index is -0.170. The number of hydrogen-bond donors (Lipinski definition) is 2. The maximum absolute atomic E-state index is 9.42. The van der Waals surface area contributed by atoms with Crippen molar-refractivity contribution in [1.82, 2.24) is 10.2 Å². The Morgan fingerprint density at radius 2 is 1.90 bits per heavy atom. The van der Waals surface area contributed by atoms with Crippen LogP contribution in [0.2, 0.25) is 0 Å². The Hall–Kier alpha value is -0.420. The monoisotopic (exact) mass is 342 g/mol. The highest BCUT2D eigenvalue weighted by Gasteiger charge is 2.23. The predicted molar refractivity (Wildman–Crippen MR) is 89.0 cm³/mol. The molecule has 0 radical (unpaired) electrons. The van der Waals surface area contributed by atoms with Gasteiger partial charge < -0.3 is 10.4 Å². The van der Waals surface area contributed by atoms with E-state index < -0.39 is 0 Å². The van der Waals surface area contributed by atoms with E-state index in [1.54, 1.807) is 0 Å². The van der Waals surface area contributed by atoms with Crippen molar-refractivity contribution in [3.63, 3.8) is 0 Å². The number of aliphatic hydroxyl groups excluding tert-OH is 1. The van der Waals surface area contributed by atoms with Crippen molar-refractivity contribution in [1.29, 1.82) is 0 Å². The number of aliphatic hydroxyl groups is 1. The molecule has 0 fully saturated rings. The molecule has 1 atom stereocenters. The molecule has 1 rings (SSSR count). The lowest BCUT2D eigenvalue weighted by Gasteiger charge is -2.35. The van der Waals surface area contributed by atoms with E-state index in [2.05, 4.69) is 78.2 Å². The van der Waals surface area contributed by atoms with Gasteiger partial charge in [0, 0.05) is 22.6 Å². The fourth-order valence-corrected chi connectivity index (χ4v) is 2.34. The molecule has 0 heterocycles. The van der Waals surface area contributed by atoms with Gasteiger partial charge in [-0.15, -0.1) is 0 Å². The van der Waals surface area contributed by atoms with Crippen LogP contribution in [0.4, 0.5) is 0 Å². The second-order valence-corrected chi connectivity index (χ2v) is 6.76. The highest BCUT2D eigenvalue weighted by Crippen LogP contribution is 2.21. The van der Waals surface area contributed by atoms with E-state index in [4.69, 9.17) is 0 Å². The van der Waals surface area contributed by atoms with Gasteiger partial charge >= 0.3 is 0 Å². The Kier molecular flexibility index (Phi) is 7.17. The Morgan fingerprint density at radius 1 is 1.30 bits per heavy atom. The van der Waals surface area contributed by atoms with Crippen molar-refractivity contribution in [3.05, 3.63) is 34.3 Å². The quantitative estimate of drug-likeness (QED) is 0.761. The molecule has 4 heteroatoms. The molecule has 0 aliphatic carbocycles. The van der Waals surface area contributed by atoms with Crippen LogP contribution in [-0.2, 0) is 0 Å². The fourth-order valence-electron chi connectivity index (χ4n) is 2.07. The normalized spacial score (nSPS) is 13.8. The summed E-state index contributed by atoms with van der Waals surface area (Å²) in [5.74, 6) is 0. The third kappa shape index (κ3) is 5.17. The van der Waals surface area contributed by atoms with E-state index in [1.807, 2.05) is 0 Å². The third-order valence-corrected chi connectivity index (χ3v) is 4.43. The van der Waals surface area contributed by atoms with Crippen molar-refractivity contribution in [3.8, 4) is 0 Å². The zero-order valence-electron chi connectivity index (χ0n) is 13.0. The Bertz CT molecular complexity index is 392. The molecule has 3 nitrogen and oxygen atoms in total. The van der Waals surface area contributed by atoms with Gasteiger partial charge in [-0.05, 0) is 51.6 Å². The van der Waals surface area contributed by atoms with E-state index >= 15 is 0 Å². The van der Waals surface area contributed by atoms with Crippen LogP contribution >= 0.6 is 15.9 Å². The van der Waals surface area contributed by atoms with Crippen LogP contribution < -0.4 is 5.32 Å². The Labute approximate surface area is 131 Å². The summed E-state index contributed by atoms with van der Waals surface area (Å²) >= 11 is 3.47. The zero-order valence-corrected chi connectivity index (χ0v) is 14.6. The molecule has 20 heavy (non-hydrogen) atoms. The number of benzene rings is 1. The number of halogens is 1. The van der Waals surface area contributed by atoms with Crippen LogP contribution in [0.1, 0.15) is 38.8 Å². The third-order valence-electron chi connectivity index (χ3n) is 3.90. The Balaban J connectivity index is 2.66. The summed E-state index contributed by atoms with van der Waals surface area (Å²) in [6.45, 7) is 8.33. The van der Waals surface area contributed by atoms with Gasteiger partial charge in [0.1, 0.15) is 0 Å². The SMILES string of the molecule is CCNC(CCN(C)C(C)(C)CO)c1ccc(Br)cc1. The highest BCUT2D eigenvalue weighted by molar-refractivity contribution is 9.10. The average molecular weight is 343 g/mol. The van der Waals surface area contributed by atoms with E-state index in [-0.39, 0.29) is 12.1 Å². The molecule has 0 saturated heterocycles. The van der Waals surface area contributed by atoms with E-state index in [0.717, 1.165) is 24.0 Å². The van der Waals surface area contributed by atoms with Gasteiger partial charge in [-0.25, -0.2) is 0 Å². The van der Waals surface area contributed by atoms with Crippen LogP contribution in [0.5, 0.6) is 0 Å². The van der Waals surface area contributed by atoms with Gasteiger partial charge in [0.15, 0.2) is 0 Å². The second-order valence-electron chi connectivity index (χ2n) is 5.84. The number of nitrogens with one attached hydrogen (secondary N) is 1. The Morgan fingerprint density at radius 3 is 2.40 bits per heavy atom. The number of likely N-dealkylation sites (N-methyl/N-ethyl adjacent to an activating group) is 1. The van der Waals surface area contributed by atoms with Gasteiger partial charge in [0.2, 0.25) is 0 Å². The second kappa shape index (κ2) is 8.13. The summed E-state index contributed by atoms with van der Waals surface area (Å²) in [6, 6.07) is 8.84. The molecule has 1 unspecified atom stereocenters. The van der Waals surface area contributed by atoms with Gasteiger partial charge in [-0.1, -0.05) is 35.0 Å². The summed E-state index contributed by atoms with van der Waals surface area (Å²) in [4.78, 5) is 2.22. The molecule has 2 N–H and O–H groups in total. The van der Waals surface area contributed by atoms with E-state index in [0.29, 0.717) is 6.04 Å². The maximum Gasteiger partial charge on any atom is 0.0609 e.